The van der Waals surface area contributed by atoms with Crippen molar-refractivity contribution in [1.82, 2.24) is 9.88 Å². The SMILES string of the molecule is CSc1nc(C2CC2)cc(C(=O)OCC(=O)N2CCOCC2)c1C#N. The molecule has 1 amide bonds. The Morgan fingerprint density at radius 1 is 1.44 bits per heavy atom. The first kappa shape index (κ1) is 17.7. The fourth-order valence-electron chi connectivity index (χ4n) is 2.65. The molecule has 0 bridgehead atoms. The Morgan fingerprint density at radius 2 is 2.16 bits per heavy atom. The van der Waals surface area contributed by atoms with Crippen LogP contribution in [0.2, 0.25) is 0 Å². The van der Waals surface area contributed by atoms with Crippen molar-refractivity contribution in [1.29, 1.82) is 5.26 Å². The van der Waals surface area contributed by atoms with Gasteiger partial charge in [0.2, 0.25) is 0 Å². The number of amides is 1. The molecule has 3 rings (SSSR count). The Labute approximate surface area is 150 Å². The minimum atomic E-state index is -0.655. The van der Waals surface area contributed by atoms with Crippen LogP contribution in [-0.4, -0.2) is 60.9 Å². The van der Waals surface area contributed by atoms with Gasteiger partial charge in [-0.15, -0.1) is 11.8 Å². The average Bonchev–Trinajstić information content (AvgIpc) is 3.50. The first-order valence-electron chi connectivity index (χ1n) is 8.15. The number of nitrogens with zero attached hydrogens (tertiary/aromatic N) is 3. The number of hydrogen-bond donors (Lipinski definition) is 0. The Hall–Kier alpha value is -2.11. The molecule has 0 radical (unpaired) electrons. The Morgan fingerprint density at radius 3 is 2.76 bits per heavy atom. The van der Waals surface area contributed by atoms with Gasteiger partial charge in [-0.3, -0.25) is 4.79 Å². The lowest BCUT2D eigenvalue weighted by atomic mass is 10.1. The zero-order chi connectivity index (χ0) is 17.8. The standard InChI is InChI=1S/C17H19N3O4S/c1-25-16-13(9-18)12(8-14(19-16)11-2-3-11)17(22)24-10-15(21)20-4-6-23-7-5-20/h8,11H,2-7,10H2,1H3. The molecular formula is C17H19N3O4S. The average molecular weight is 361 g/mol. The summed E-state index contributed by atoms with van der Waals surface area (Å²) < 4.78 is 10.4. The summed E-state index contributed by atoms with van der Waals surface area (Å²) in [6.45, 7) is 1.64. The normalized spacial score (nSPS) is 17.0. The zero-order valence-corrected chi connectivity index (χ0v) is 14.8. The molecule has 2 aliphatic rings. The summed E-state index contributed by atoms with van der Waals surface area (Å²) in [5.41, 5.74) is 1.22. The third kappa shape index (κ3) is 4.11. The van der Waals surface area contributed by atoms with Crippen molar-refractivity contribution in [3.63, 3.8) is 0 Å². The summed E-state index contributed by atoms with van der Waals surface area (Å²) in [6.07, 6.45) is 3.89. The van der Waals surface area contributed by atoms with Crippen molar-refractivity contribution in [3.05, 3.63) is 22.9 Å². The van der Waals surface area contributed by atoms with Gasteiger partial charge in [-0.2, -0.15) is 5.26 Å². The lowest BCUT2D eigenvalue weighted by Gasteiger charge is -2.26. The second-order valence-electron chi connectivity index (χ2n) is 5.93. The van der Waals surface area contributed by atoms with Crippen LogP contribution in [0.15, 0.2) is 11.1 Å². The number of pyridine rings is 1. The highest BCUT2D eigenvalue weighted by molar-refractivity contribution is 7.98. The molecule has 1 aliphatic heterocycles. The van der Waals surface area contributed by atoms with E-state index in [1.807, 2.05) is 12.3 Å². The highest BCUT2D eigenvalue weighted by atomic mass is 32.2. The third-order valence-corrected chi connectivity index (χ3v) is 4.90. The number of rotatable bonds is 5. The van der Waals surface area contributed by atoms with Gasteiger partial charge in [0.15, 0.2) is 6.61 Å². The zero-order valence-electron chi connectivity index (χ0n) is 14.0. The molecular weight excluding hydrogens is 342 g/mol. The van der Waals surface area contributed by atoms with Crippen LogP contribution in [0, 0.1) is 11.3 Å². The van der Waals surface area contributed by atoms with Crippen LogP contribution in [0.1, 0.15) is 40.4 Å². The highest BCUT2D eigenvalue weighted by Gasteiger charge is 2.29. The number of carbonyl (C=O) groups excluding carboxylic acids is 2. The Balaban J connectivity index is 1.73. The maximum absolute atomic E-state index is 12.5. The Bertz CT molecular complexity index is 721. The largest absolute Gasteiger partial charge is 0.452 e. The molecule has 0 aromatic carbocycles. The van der Waals surface area contributed by atoms with Crippen LogP contribution in [0.5, 0.6) is 0 Å². The molecule has 2 heterocycles. The summed E-state index contributed by atoms with van der Waals surface area (Å²) in [5, 5.41) is 9.93. The summed E-state index contributed by atoms with van der Waals surface area (Å²) in [5.74, 6) is -0.561. The Kier molecular flexibility index (Phi) is 5.56. The van der Waals surface area contributed by atoms with Gasteiger partial charge in [0.05, 0.1) is 24.3 Å². The fraction of sp³-hybridized carbons (Fsp3) is 0.529. The molecule has 8 heteroatoms. The summed E-state index contributed by atoms with van der Waals surface area (Å²) in [7, 11) is 0. The van der Waals surface area contributed by atoms with Crippen LogP contribution in [-0.2, 0) is 14.3 Å². The molecule has 0 unspecified atom stereocenters. The van der Waals surface area contributed by atoms with E-state index < -0.39 is 5.97 Å². The summed E-state index contributed by atoms with van der Waals surface area (Å²) in [4.78, 5) is 30.7. The first-order chi connectivity index (χ1) is 12.1. The number of thioether (sulfide) groups is 1. The molecule has 1 aromatic heterocycles. The van der Waals surface area contributed by atoms with Crippen LogP contribution < -0.4 is 0 Å². The second kappa shape index (κ2) is 7.85. The number of carbonyl (C=O) groups is 2. The topological polar surface area (TPSA) is 92.5 Å². The smallest absolute Gasteiger partial charge is 0.340 e. The van der Waals surface area contributed by atoms with Crippen molar-refractivity contribution in [2.24, 2.45) is 0 Å². The number of esters is 1. The maximum atomic E-state index is 12.5. The molecule has 1 saturated carbocycles. The van der Waals surface area contributed by atoms with Crippen LogP contribution in [0.25, 0.3) is 0 Å². The molecule has 0 atom stereocenters. The molecule has 1 saturated heterocycles. The van der Waals surface area contributed by atoms with E-state index in [-0.39, 0.29) is 23.6 Å². The minimum absolute atomic E-state index is 0.193. The summed E-state index contributed by atoms with van der Waals surface area (Å²) in [6, 6.07) is 3.67. The van der Waals surface area contributed by atoms with Crippen molar-refractivity contribution < 1.29 is 19.1 Å². The van der Waals surface area contributed by atoms with Crippen LogP contribution in [0.4, 0.5) is 0 Å². The third-order valence-electron chi connectivity index (χ3n) is 4.22. The molecule has 0 N–H and O–H groups in total. The van der Waals surface area contributed by atoms with Crippen LogP contribution >= 0.6 is 11.8 Å². The van der Waals surface area contributed by atoms with E-state index in [0.717, 1.165) is 18.5 Å². The van der Waals surface area contributed by atoms with E-state index in [9.17, 15) is 14.9 Å². The second-order valence-corrected chi connectivity index (χ2v) is 6.73. The van der Waals surface area contributed by atoms with E-state index in [1.54, 1.807) is 11.0 Å². The van der Waals surface area contributed by atoms with E-state index in [0.29, 0.717) is 37.2 Å². The van der Waals surface area contributed by atoms with Gasteiger partial charge in [-0.05, 0) is 25.2 Å². The first-order valence-corrected chi connectivity index (χ1v) is 9.38. The van der Waals surface area contributed by atoms with Gasteiger partial charge >= 0.3 is 5.97 Å². The van der Waals surface area contributed by atoms with Crippen molar-refractivity contribution in [2.75, 3.05) is 39.2 Å². The quantitative estimate of drug-likeness (QED) is 0.580. The van der Waals surface area contributed by atoms with E-state index in [2.05, 4.69) is 4.98 Å². The molecule has 25 heavy (non-hydrogen) atoms. The van der Waals surface area contributed by atoms with E-state index >= 15 is 0 Å². The van der Waals surface area contributed by atoms with E-state index in [4.69, 9.17) is 9.47 Å². The lowest BCUT2D eigenvalue weighted by molar-refractivity contribution is -0.138. The number of hydrogen-bond acceptors (Lipinski definition) is 7. The molecule has 1 aromatic rings. The van der Waals surface area contributed by atoms with Crippen LogP contribution in [0.3, 0.4) is 0 Å². The molecule has 0 spiro atoms. The monoisotopic (exact) mass is 361 g/mol. The molecule has 2 fully saturated rings. The number of ether oxygens (including phenoxy) is 2. The fourth-order valence-corrected chi connectivity index (χ4v) is 3.21. The predicted molar refractivity (Wildman–Crippen MR) is 90.4 cm³/mol. The molecule has 132 valence electrons. The van der Waals surface area contributed by atoms with Gasteiger partial charge in [0, 0.05) is 24.7 Å². The molecule has 1 aliphatic carbocycles. The number of aromatic nitrogens is 1. The summed E-state index contributed by atoms with van der Waals surface area (Å²) >= 11 is 1.33. The maximum Gasteiger partial charge on any atom is 0.340 e. The van der Waals surface area contributed by atoms with Gasteiger partial charge < -0.3 is 14.4 Å². The van der Waals surface area contributed by atoms with Gasteiger partial charge in [0.25, 0.3) is 5.91 Å². The van der Waals surface area contributed by atoms with Gasteiger partial charge in [0.1, 0.15) is 11.1 Å². The number of nitriles is 1. The van der Waals surface area contributed by atoms with Crippen molar-refractivity contribution >= 4 is 23.6 Å². The van der Waals surface area contributed by atoms with Gasteiger partial charge in [-0.25, -0.2) is 9.78 Å². The van der Waals surface area contributed by atoms with Gasteiger partial charge in [-0.1, -0.05) is 0 Å². The van der Waals surface area contributed by atoms with E-state index in [1.165, 1.54) is 11.8 Å². The lowest BCUT2D eigenvalue weighted by Crippen LogP contribution is -2.42. The van der Waals surface area contributed by atoms with Crippen molar-refractivity contribution in [2.45, 2.75) is 23.8 Å². The minimum Gasteiger partial charge on any atom is -0.452 e. The highest BCUT2D eigenvalue weighted by Crippen LogP contribution is 2.40. The van der Waals surface area contributed by atoms with Crippen molar-refractivity contribution in [3.8, 4) is 6.07 Å². The number of morpholine rings is 1. The predicted octanol–water partition coefficient (Wildman–Crippen LogP) is 1.57. The molecule has 7 nitrogen and oxygen atoms in total.